The van der Waals surface area contributed by atoms with Gasteiger partial charge in [0.2, 0.25) is 5.91 Å². The number of nitrogens with one attached hydrogen (secondary N) is 2. The first-order valence-corrected chi connectivity index (χ1v) is 9.47. The summed E-state index contributed by atoms with van der Waals surface area (Å²) in [6.07, 6.45) is 1.90. The summed E-state index contributed by atoms with van der Waals surface area (Å²) in [5, 5.41) is 9.90. The van der Waals surface area contributed by atoms with Crippen molar-refractivity contribution in [3.05, 3.63) is 53.1 Å². The Bertz CT molecular complexity index is 983. The minimum Gasteiger partial charge on any atom is -0.350 e. The van der Waals surface area contributed by atoms with Crippen molar-refractivity contribution in [1.82, 2.24) is 25.3 Å². The molecule has 1 aromatic carbocycles. The lowest BCUT2D eigenvalue weighted by atomic mass is 9.96. The molecule has 2 aromatic rings. The summed E-state index contributed by atoms with van der Waals surface area (Å²) in [5.74, 6) is -1.40. The zero-order valence-electron chi connectivity index (χ0n) is 16.2. The summed E-state index contributed by atoms with van der Waals surface area (Å²) in [6, 6.07) is 7.47. The van der Waals surface area contributed by atoms with Gasteiger partial charge in [0.15, 0.2) is 5.69 Å². The van der Waals surface area contributed by atoms with E-state index in [4.69, 9.17) is 0 Å². The Morgan fingerprint density at radius 1 is 1.28 bits per heavy atom. The van der Waals surface area contributed by atoms with Crippen molar-refractivity contribution in [3.8, 4) is 0 Å². The van der Waals surface area contributed by atoms with E-state index in [9.17, 15) is 18.8 Å². The summed E-state index contributed by atoms with van der Waals surface area (Å²) in [6.45, 7) is 1.98. The van der Waals surface area contributed by atoms with Crippen LogP contribution in [0.3, 0.4) is 0 Å². The molecule has 8 nitrogen and oxygen atoms in total. The molecule has 1 aromatic heterocycles. The topological polar surface area (TPSA) is 96.3 Å². The molecule has 0 unspecified atom stereocenters. The fraction of sp³-hybridized carbons (Fsp3) is 0.400. The van der Waals surface area contributed by atoms with Crippen LogP contribution in [0.1, 0.15) is 46.3 Å². The zero-order valence-corrected chi connectivity index (χ0v) is 16.2. The Balaban J connectivity index is 1.51. The molecule has 1 fully saturated rings. The second-order valence-electron chi connectivity index (χ2n) is 7.77. The van der Waals surface area contributed by atoms with Crippen molar-refractivity contribution < 1.29 is 18.8 Å². The van der Waals surface area contributed by atoms with Crippen LogP contribution in [-0.4, -0.2) is 51.0 Å². The van der Waals surface area contributed by atoms with Crippen molar-refractivity contribution in [1.29, 1.82) is 0 Å². The first kappa shape index (κ1) is 19.1. The molecule has 4 rings (SSSR count). The monoisotopic (exact) mass is 399 g/mol. The predicted octanol–water partition coefficient (Wildman–Crippen LogP) is 1.08. The van der Waals surface area contributed by atoms with Crippen molar-refractivity contribution in [2.24, 2.45) is 0 Å². The molecule has 3 amide bonds. The molecule has 2 heterocycles. The minimum atomic E-state index is -1.18. The largest absolute Gasteiger partial charge is 0.350 e. The maximum Gasteiger partial charge on any atom is 0.272 e. The van der Waals surface area contributed by atoms with Crippen LogP contribution in [0.2, 0.25) is 0 Å². The molecule has 2 N–H and O–H groups in total. The maximum absolute atomic E-state index is 13.0. The van der Waals surface area contributed by atoms with E-state index in [0.717, 1.165) is 18.4 Å². The van der Waals surface area contributed by atoms with Crippen LogP contribution in [0.5, 0.6) is 0 Å². The molecule has 1 aliphatic heterocycles. The van der Waals surface area contributed by atoms with Crippen LogP contribution in [0.15, 0.2) is 30.3 Å². The van der Waals surface area contributed by atoms with Crippen LogP contribution >= 0.6 is 0 Å². The third kappa shape index (κ3) is 3.59. The highest BCUT2D eigenvalue weighted by Gasteiger charge is 2.46. The van der Waals surface area contributed by atoms with E-state index in [1.54, 1.807) is 26.1 Å². The second kappa shape index (κ2) is 6.98. The van der Waals surface area contributed by atoms with Gasteiger partial charge in [0, 0.05) is 25.7 Å². The number of hydrogen-bond donors (Lipinski definition) is 2. The summed E-state index contributed by atoms with van der Waals surface area (Å²) in [7, 11) is 1.56. The van der Waals surface area contributed by atoms with Gasteiger partial charge in [0.25, 0.3) is 11.8 Å². The number of nitrogens with zero attached hydrogens (tertiary/aromatic N) is 3. The number of hydrogen-bond acceptors (Lipinski definition) is 4. The molecule has 0 bridgehead atoms. The van der Waals surface area contributed by atoms with Gasteiger partial charge in [-0.3, -0.25) is 19.1 Å². The number of amides is 3. The molecule has 1 saturated carbocycles. The Morgan fingerprint density at radius 2 is 1.97 bits per heavy atom. The SMILES string of the molecule is CN1C(=O)c2cc(C(=O)NC3CC3)nn2C[C@]1(C)C(=O)NCc1ccc(F)cc1. The molecule has 1 atom stereocenters. The van der Waals surface area contributed by atoms with Crippen LogP contribution in [0.25, 0.3) is 0 Å². The van der Waals surface area contributed by atoms with E-state index in [2.05, 4.69) is 15.7 Å². The molecule has 2 aliphatic rings. The van der Waals surface area contributed by atoms with Crippen molar-refractivity contribution in [2.45, 2.75) is 44.4 Å². The number of carbonyl (C=O) groups excluding carboxylic acids is 3. The number of rotatable bonds is 5. The lowest BCUT2D eigenvalue weighted by molar-refractivity contribution is -0.132. The van der Waals surface area contributed by atoms with Crippen molar-refractivity contribution in [3.63, 3.8) is 0 Å². The minimum absolute atomic E-state index is 0.122. The van der Waals surface area contributed by atoms with Gasteiger partial charge < -0.3 is 15.5 Å². The first-order valence-electron chi connectivity index (χ1n) is 9.47. The molecule has 152 valence electrons. The van der Waals surface area contributed by atoms with E-state index in [1.807, 2.05) is 0 Å². The average molecular weight is 399 g/mol. The van der Waals surface area contributed by atoms with Crippen LogP contribution in [0.4, 0.5) is 4.39 Å². The predicted molar refractivity (Wildman–Crippen MR) is 101 cm³/mol. The van der Waals surface area contributed by atoms with E-state index in [-0.39, 0.29) is 54.1 Å². The fourth-order valence-corrected chi connectivity index (χ4v) is 3.30. The lowest BCUT2D eigenvalue weighted by Gasteiger charge is -2.40. The number of benzene rings is 1. The smallest absolute Gasteiger partial charge is 0.272 e. The Kier molecular flexibility index (Phi) is 4.60. The number of likely N-dealkylation sites (N-methyl/N-ethyl adjacent to an activating group) is 1. The van der Waals surface area contributed by atoms with Gasteiger partial charge in [0.1, 0.15) is 17.1 Å². The highest BCUT2D eigenvalue weighted by molar-refractivity contribution is 6.01. The van der Waals surface area contributed by atoms with Crippen LogP contribution in [0, 0.1) is 5.82 Å². The number of fused-ring (bicyclic) bond motifs is 1. The Morgan fingerprint density at radius 3 is 2.62 bits per heavy atom. The van der Waals surface area contributed by atoms with Gasteiger partial charge in [0.05, 0.1) is 6.54 Å². The van der Waals surface area contributed by atoms with Gasteiger partial charge in [-0.2, -0.15) is 5.10 Å². The van der Waals surface area contributed by atoms with Gasteiger partial charge in [-0.05, 0) is 37.5 Å². The van der Waals surface area contributed by atoms with Crippen LogP contribution in [-0.2, 0) is 17.9 Å². The van der Waals surface area contributed by atoms with Gasteiger partial charge in [-0.25, -0.2) is 4.39 Å². The van der Waals surface area contributed by atoms with Crippen molar-refractivity contribution in [2.75, 3.05) is 7.05 Å². The normalized spacial score (nSPS) is 20.9. The van der Waals surface area contributed by atoms with E-state index in [1.165, 1.54) is 27.8 Å². The number of carbonyl (C=O) groups is 3. The molecule has 9 heteroatoms. The average Bonchev–Trinajstić information content (AvgIpc) is 3.41. The van der Waals surface area contributed by atoms with Gasteiger partial charge in [-0.15, -0.1) is 0 Å². The fourth-order valence-electron chi connectivity index (χ4n) is 3.30. The standard InChI is InChI=1S/C20H22FN5O3/c1-20(19(29)22-10-12-3-5-13(21)6-4-12)11-26-16(18(28)25(20)2)9-15(24-26)17(27)23-14-7-8-14/h3-6,9,14H,7-8,10-11H2,1-2H3,(H,22,29)(H,23,27)/t20-/m1/s1. The van der Waals surface area contributed by atoms with E-state index >= 15 is 0 Å². The molecule has 0 saturated heterocycles. The highest BCUT2D eigenvalue weighted by Crippen LogP contribution is 2.26. The molecule has 0 radical (unpaired) electrons. The Labute approximate surface area is 167 Å². The summed E-state index contributed by atoms with van der Waals surface area (Å²) >= 11 is 0. The molecular formula is C20H22FN5O3. The summed E-state index contributed by atoms with van der Waals surface area (Å²) in [5.41, 5.74) is 0.00854. The number of halogens is 1. The lowest BCUT2D eigenvalue weighted by Crippen LogP contribution is -2.62. The zero-order chi connectivity index (χ0) is 20.8. The molecular weight excluding hydrogens is 377 g/mol. The third-order valence-corrected chi connectivity index (χ3v) is 5.50. The highest BCUT2D eigenvalue weighted by atomic mass is 19.1. The summed E-state index contributed by atoms with van der Waals surface area (Å²) < 4.78 is 14.5. The van der Waals surface area contributed by atoms with Crippen molar-refractivity contribution >= 4 is 17.7 Å². The van der Waals surface area contributed by atoms with E-state index in [0.29, 0.717) is 0 Å². The maximum atomic E-state index is 13.0. The van der Waals surface area contributed by atoms with E-state index < -0.39 is 5.54 Å². The van der Waals surface area contributed by atoms with Gasteiger partial charge in [-0.1, -0.05) is 12.1 Å². The third-order valence-electron chi connectivity index (χ3n) is 5.50. The summed E-state index contributed by atoms with van der Waals surface area (Å²) in [4.78, 5) is 39.4. The second-order valence-corrected chi connectivity index (χ2v) is 7.77. The van der Waals surface area contributed by atoms with Gasteiger partial charge >= 0.3 is 0 Å². The molecule has 29 heavy (non-hydrogen) atoms. The van der Waals surface area contributed by atoms with Crippen LogP contribution < -0.4 is 10.6 Å². The first-order chi connectivity index (χ1) is 13.8. The number of aromatic nitrogens is 2. The quantitative estimate of drug-likeness (QED) is 0.786. The Hall–Kier alpha value is -3.23. The molecule has 0 spiro atoms. The molecule has 1 aliphatic carbocycles.